The SMILES string of the molecule is O=C(c1cccnc1)N1CCC[C@]2(CC=CCC2)C1. The van der Waals surface area contributed by atoms with Crippen molar-refractivity contribution < 1.29 is 4.79 Å². The number of nitrogens with zero attached hydrogens (tertiary/aromatic N) is 2. The number of hydrogen-bond donors (Lipinski definition) is 0. The number of piperidine rings is 1. The van der Waals surface area contributed by atoms with E-state index in [9.17, 15) is 4.79 Å². The van der Waals surface area contributed by atoms with Crippen molar-refractivity contribution in [1.29, 1.82) is 0 Å². The monoisotopic (exact) mass is 256 g/mol. The van der Waals surface area contributed by atoms with Crippen LogP contribution in [-0.4, -0.2) is 28.9 Å². The van der Waals surface area contributed by atoms with Crippen LogP contribution in [0.2, 0.25) is 0 Å². The summed E-state index contributed by atoms with van der Waals surface area (Å²) in [6, 6.07) is 3.69. The number of likely N-dealkylation sites (tertiary alicyclic amines) is 1. The highest BCUT2D eigenvalue weighted by molar-refractivity contribution is 5.93. The van der Waals surface area contributed by atoms with Crippen molar-refractivity contribution in [3.8, 4) is 0 Å². The summed E-state index contributed by atoms with van der Waals surface area (Å²) in [4.78, 5) is 18.6. The first-order valence-corrected chi connectivity index (χ1v) is 7.13. The molecular weight excluding hydrogens is 236 g/mol. The Morgan fingerprint density at radius 3 is 3.00 bits per heavy atom. The molecule has 0 saturated carbocycles. The van der Waals surface area contributed by atoms with E-state index in [1.54, 1.807) is 12.4 Å². The number of carbonyl (C=O) groups is 1. The van der Waals surface area contributed by atoms with Crippen LogP contribution in [0.3, 0.4) is 0 Å². The van der Waals surface area contributed by atoms with Crippen LogP contribution in [0.4, 0.5) is 0 Å². The smallest absolute Gasteiger partial charge is 0.255 e. The third kappa shape index (κ3) is 2.55. The molecule has 2 heterocycles. The predicted molar refractivity (Wildman–Crippen MR) is 74.8 cm³/mol. The van der Waals surface area contributed by atoms with Crippen LogP contribution in [0.5, 0.6) is 0 Å². The van der Waals surface area contributed by atoms with Gasteiger partial charge in [0.25, 0.3) is 5.91 Å². The van der Waals surface area contributed by atoms with Crippen LogP contribution < -0.4 is 0 Å². The Kier molecular flexibility index (Phi) is 3.36. The number of pyridine rings is 1. The van der Waals surface area contributed by atoms with E-state index in [2.05, 4.69) is 17.1 Å². The molecule has 3 rings (SSSR count). The average molecular weight is 256 g/mol. The predicted octanol–water partition coefficient (Wildman–Crippen LogP) is 3.04. The van der Waals surface area contributed by atoms with E-state index >= 15 is 0 Å². The summed E-state index contributed by atoms with van der Waals surface area (Å²) in [6.45, 7) is 1.80. The van der Waals surface area contributed by atoms with Gasteiger partial charge in [-0.1, -0.05) is 12.2 Å². The minimum Gasteiger partial charge on any atom is -0.338 e. The second kappa shape index (κ2) is 5.16. The van der Waals surface area contributed by atoms with Crippen LogP contribution in [0.1, 0.15) is 42.5 Å². The average Bonchev–Trinajstić information content (AvgIpc) is 2.48. The minimum atomic E-state index is 0.140. The van der Waals surface area contributed by atoms with E-state index in [0.29, 0.717) is 11.0 Å². The first-order chi connectivity index (χ1) is 9.29. The molecule has 1 fully saturated rings. The Hall–Kier alpha value is -1.64. The van der Waals surface area contributed by atoms with Gasteiger partial charge < -0.3 is 4.90 Å². The summed E-state index contributed by atoms with van der Waals surface area (Å²) in [7, 11) is 0. The maximum absolute atomic E-state index is 12.5. The maximum atomic E-state index is 12.5. The van der Waals surface area contributed by atoms with Crippen molar-refractivity contribution in [1.82, 2.24) is 9.88 Å². The van der Waals surface area contributed by atoms with Crippen molar-refractivity contribution in [2.75, 3.05) is 13.1 Å². The lowest BCUT2D eigenvalue weighted by Crippen LogP contribution is -2.46. The van der Waals surface area contributed by atoms with Gasteiger partial charge in [-0.3, -0.25) is 9.78 Å². The van der Waals surface area contributed by atoms with Gasteiger partial charge in [0.05, 0.1) is 5.56 Å². The highest BCUT2D eigenvalue weighted by atomic mass is 16.2. The van der Waals surface area contributed by atoms with E-state index in [1.165, 1.54) is 12.8 Å². The fourth-order valence-corrected chi connectivity index (χ4v) is 3.37. The molecule has 100 valence electrons. The topological polar surface area (TPSA) is 33.2 Å². The van der Waals surface area contributed by atoms with E-state index in [1.807, 2.05) is 17.0 Å². The second-order valence-electron chi connectivity index (χ2n) is 5.79. The lowest BCUT2D eigenvalue weighted by atomic mass is 9.71. The highest BCUT2D eigenvalue weighted by Gasteiger charge is 2.36. The van der Waals surface area contributed by atoms with Gasteiger partial charge in [0.2, 0.25) is 0 Å². The summed E-state index contributed by atoms with van der Waals surface area (Å²) >= 11 is 0. The van der Waals surface area contributed by atoms with Crippen molar-refractivity contribution in [2.24, 2.45) is 5.41 Å². The Morgan fingerprint density at radius 1 is 1.32 bits per heavy atom. The van der Waals surface area contributed by atoms with E-state index in [-0.39, 0.29) is 5.91 Å². The zero-order valence-corrected chi connectivity index (χ0v) is 11.2. The number of hydrogen-bond acceptors (Lipinski definition) is 2. The number of allylic oxidation sites excluding steroid dienone is 2. The molecule has 1 aromatic heterocycles. The molecule has 1 amide bonds. The van der Waals surface area contributed by atoms with Crippen molar-refractivity contribution in [2.45, 2.75) is 32.1 Å². The molecule has 19 heavy (non-hydrogen) atoms. The Morgan fingerprint density at radius 2 is 2.26 bits per heavy atom. The Labute approximate surface area is 114 Å². The fourth-order valence-electron chi connectivity index (χ4n) is 3.37. The molecule has 1 aromatic rings. The van der Waals surface area contributed by atoms with Gasteiger partial charge in [0.1, 0.15) is 0 Å². The van der Waals surface area contributed by atoms with Gasteiger partial charge in [0, 0.05) is 25.5 Å². The number of amides is 1. The van der Waals surface area contributed by atoms with E-state index in [0.717, 1.165) is 32.4 Å². The molecule has 3 nitrogen and oxygen atoms in total. The van der Waals surface area contributed by atoms with Gasteiger partial charge in [-0.15, -0.1) is 0 Å². The number of carbonyl (C=O) groups excluding carboxylic acids is 1. The lowest BCUT2D eigenvalue weighted by molar-refractivity contribution is 0.0484. The fraction of sp³-hybridized carbons (Fsp3) is 0.500. The third-order valence-electron chi connectivity index (χ3n) is 4.42. The molecule has 0 N–H and O–H groups in total. The van der Waals surface area contributed by atoms with Crippen LogP contribution in [0.25, 0.3) is 0 Å². The normalized spacial score (nSPS) is 26.6. The second-order valence-corrected chi connectivity index (χ2v) is 5.79. The van der Waals surface area contributed by atoms with Crippen molar-refractivity contribution in [3.05, 3.63) is 42.2 Å². The summed E-state index contributed by atoms with van der Waals surface area (Å²) in [5.74, 6) is 0.140. The van der Waals surface area contributed by atoms with Gasteiger partial charge in [-0.25, -0.2) is 0 Å². The molecule has 2 aliphatic rings. The molecule has 3 heteroatoms. The summed E-state index contributed by atoms with van der Waals surface area (Å²) in [5.41, 5.74) is 1.05. The zero-order chi connectivity index (χ0) is 13.1. The molecule has 0 unspecified atom stereocenters. The van der Waals surface area contributed by atoms with Gasteiger partial charge in [-0.05, 0) is 49.7 Å². The quantitative estimate of drug-likeness (QED) is 0.724. The Bertz CT molecular complexity index is 483. The summed E-state index contributed by atoms with van der Waals surface area (Å²) in [5, 5.41) is 0. The van der Waals surface area contributed by atoms with Crippen molar-refractivity contribution in [3.63, 3.8) is 0 Å². The van der Waals surface area contributed by atoms with Crippen LogP contribution in [-0.2, 0) is 0 Å². The Balaban J connectivity index is 1.75. The minimum absolute atomic E-state index is 0.140. The van der Waals surface area contributed by atoms with Crippen LogP contribution >= 0.6 is 0 Å². The standard InChI is InChI=1S/C16H20N2O/c19-15(14-6-4-10-17-12-14)18-11-5-9-16(13-18)7-2-1-3-8-16/h1-2,4,6,10,12H,3,5,7-9,11,13H2/t16-/m1/s1. The molecule has 0 bridgehead atoms. The van der Waals surface area contributed by atoms with E-state index in [4.69, 9.17) is 0 Å². The third-order valence-corrected chi connectivity index (χ3v) is 4.42. The van der Waals surface area contributed by atoms with E-state index < -0.39 is 0 Å². The first kappa shape index (κ1) is 12.4. The molecule has 1 aliphatic carbocycles. The lowest BCUT2D eigenvalue weighted by Gasteiger charge is -2.43. The summed E-state index contributed by atoms with van der Waals surface area (Å²) in [6.07, 6.45) is 13.8. The van der Waals surface area contributed by atoms with Crippen LogP contribution in [0, 0.1) is 5.41 Å². The van der Waals surface area contributed by atoms with Gasteiger partial charge in [-0.2, -0.15) is 0 Å². The number of aromatic nitrogens is 1. The highest BCUT2D eigenvalue weighted by Crippen LogP contribution is 2.40. The number of rotatable bonds is 1. The first-order valence-electron chi connectivity index (χ1n) is 7.13. The van der Waals surface area contributed by atoms with Gasteiger partial charge >= 0.3 is 0 Å². The molecule has 1 spiro atoms. The molecule has 1 saturated heterocycles. The summed E-state index contributed by atoms with van der Waals surface area (Å²) < 4.78 is 0. The molecule has 0 radical (unpaired) electrons. The van der Waals surface area contributed by atoms with Crippen molar-refractivity contribution >= 4 is 5.91 Å². The largest absolute Gasteiger partial charge is 0.338 e. The zero-order valence-electron chi connectivity index (χ0n) is 11.2. The molecular formula is C16H20N2O. The molecule has 1 aliphatic heterocycles. The molecule has 0 aromatic carbocycles. The molecule has 1 atom stereocenters. The van der Waals surface area contributed by atoms with Crippen LogP contribution in [0.15, 0.2) is 36.7 Å². The maximum Gasteiger partial charge on any atom is 0.255 e. The van der Waals surface area contributed by atoms with Gasteiger partial charge in [0.15, 0.2) is 0 Å².